The van der Waals surface area contributed by atoms with Gasteiger partial charge in [-0.2, -0.15) is 0 Å². The van der Waals surface area contributed by atoms with Crippen molar-refractivity contribution in [1.82, 2.24) is 10.3 Å². The van der Waals surface area contributed by atoms with Crippen LogP contribution >= 0.6 is 11.3 Å². The highest BCUT2D eigenvalue weighted by Crippen LogP contribution is 2.19. The molecule has 1 aromatic rings. The molecule has 0 radical (unpaired) electrons. The van der Waals surface area contributed by atoms with Crippen LogP contribution in [0.25, 0.3) is 0 Å². The molecule has 2 rings (SSSR count). The summed E-state index contributed by atoms with van der Waals surface area (Å²) in [6, 6.07) is 0.296. The van der Waals surface area contributed by atoms with Crippen molar-refractivity contribution >= 4 is 11.3 Å². The molecule has 1 N–H and O–H groups in total. The number of aryl methyl sites for hydroxylation is 1. The Kier molecular flexibility index (Phi) is 4.29. The monoisotopic (exact) mass is 242 g/mol. The van der Waals surface area contributed by atoms with Gasteiger partial charge in [-0.05, 0) is 20.3 Å². The van der Waals surface area contributed by atoms with Crippen molar-refractivity contribution in [2.24, 2.45) is 0 Å². The molecule has 0 aliphatic carbocycles. The van der Waals surface area contributed by atoms with Gasteiger partial charge in [-0.3, -0.25) is 0 Å². The lowest BCUT2D eigenvalue weighted by Crippen LogP contribution is -2.35. The SMILES string of the molecule is Cc1cnc(C(C)NCC2CCOCO2)s1. The molecular weight excluding hydrogens is 224 g/mol. The highest BCUT2D eigenvalue weighted by atomic mass is 32.1. The molecule has 0 amide bonds. The Morgan fingerprint density at radius 1 is 1.69 bits per heavy atom. The number of aromatic nitrogens is 1. The molecule has 4 nitrogen and oxygen atoms in total. The van der Waals surface area contributed by atoms with Crippen molar-refractivity contribution < 1.29 is 9.47 Å². The van der Waals surface area contributed by atoms with E-state index in [0.717, 1.165) is 24.6 Å². The van der Waals surface area contributed by atoms with E-state index in [2.05, 4.69) is 24.1 Å². The first-order valence-electron chi connectivity index (χ1n) is 5.61. The zero-order chi connectivity index (χ0) is 11.4. The van der Waals surface area contributed by atoms with Gasteiger partial charge in [-0.15, -0.1) is 11.3 Å². The fourth-order valence-corrected chi connectivity index (χ4v) is 2.43. The Hall–Kier alpha value is -0.490. The lowest BCUT2D eigenvalue weighted by molar-refractivity contribution is -0.137. The second-order valence-electron chi connectivity index (χ2n) is 4.04. The third-order valence-electron chi connectivity index (χ3n) is 2.63. The zero-order valence-electron chi connectivity index (χ0n) is 9.73. The van der Waals surface area contributed by atoms with Gasteiger partial charge in [0.15, 0.2) is 0 Å². The Labute approximate surface area is 100.0 Å². The van der Waals surface area contributed by atoms with E-state index < -0.39 is 0 Å². The first kappa shape index (κ1) is 12.0. The van der Waals surface area contributed by atoms with Gasteiger partial charge < -0.3 is 14.8 Å². The number of rotatable bonds is 4. The van der Waals surface area contributed by atoms with Crippen molar-refractivity contribution in [3.05, 3.63) is 16.1 Å². The lowest BCUT2D eigenvalue weighted by Gasteiger charge is -2.24. The highest BCUT2D eigenvalue weighted by molar-refractivity contribution is 7.11. The smallest absolute Gasteiger partial charge is 0.147 e. The second kappa shape index (κ2) is 5.72. The molecule has 1 aliphatic rings. The average Bonchev–Trinajstić information content (AvgIpc) is 2.74. The molecule has 1 aromatic heterocycles. The van der Waals surface area contributed by atoms with Gasteiger partial charge in [0.2, 0.25) is 0 Å². The summed E-state index contributed by atoms with van der Waals surface area (Å²) in [7, 11) is 0. The van der Waals surface area contributed by atoms with Crippen LogP contribution in [-0.2, 0) is 9.47 Å². The van der Waals surface area contributed by atoms with Gasteiger partial charge in [0, 0.05) is 17.6 Å². The molecule has 1 fully saturated rings. The lowest BCUT2D eigenvalue weighted by atomic mass is 10.2. The van der Waals surface area contributed by atoms with Crippen LogP contribution < -0.4 is 5.32 Å². The summed E-state index contributed by atoms with van der Waals surface area (Å²) in [6.07, 6.45) is 3.16. The Morgan fingerprint density at radius 3 is 3.19 bits per heavy atom. The first-order valence-corrected chi connectivity index (χ1v) is 6.42. The molecule has 0 aromatic carbocycles. The van der Waals surface area contributed by atoms with Gasteiger partial charge >= 0.3 is 0 Å². The Bertz CT molecular complexity index is 324. The van der Waals surface area contributed by atoms with Gasteiger partial charge in [0.05, 0.1) is 18.8 Å². The van der Waals surface area contributed by atoms with Crippen LogP contribution in [0.2, 0.25) is 0 Å². The maximum atomic E-state index is 5.47. The van der Waals surface area contributed by atoms with Crippen molar-refractivity contribution in [2.75, 3.05) is 19.9 Å². The average molecular weight is 242 g/mol. The number of ether oxygens (including phenoxy) is 2. The van der Waals surface area contributed by atoms with Crippen molar-refractivity contribution in [1.29, 1.82) is 0 Å². The number of hydrogen-bond acceptors (Lipinski definition) is 5. The van der Waals surface area contributed by atoms with Crippen LogP contribution in [-0.4, -0.2) is 31.0 Å². The summed E-state index contributed by atoms with van der Waals surface area (Å²) < 4.78 is 10.6. The van der Waals surface area contributed by atoms with E-state index in [9.17, 15) is 0 Å². The molecule has 0 saturated carbocycles. The van der Waals surface area contributed by atoms with Crippen LogP contribution in [0.3, 0.4) is 0 Å². The zero-order valence-corrected chi connectivity index (χ0v) is 10.5. The molecular formula is C11H18N2O2S. The molecule has 16 heavy (non-hydrogen) atoms. The number of thiazole rings is 1. The third kappa shape index (κ3) is 3.25. The number of nitrogens with one attached hydrogen (secondary N) is 1. The van der Waals surface area contributed by atoms with E-state index in [1.165, 1.54) is 4.88 Å². The van der Waals surface area contributed by atoms with E-state index >= 15 is 0 Å². The highest BCUT2D eigenvalue weighted by Gasteiger charge is 2.16. The maximum absolute atomic E-state index is 5.47. The third-order valence-corrected chi connectivity index (χ3v) is 3.73. The normalized spacial score (nSPS) is 23.2. The summed E-state index contributed by atoms with van der Waals surface area (Å²) >= 11 is 1.74. The van der Waals surface area contributed by atoms with Crippen LogP contribution in [0.5, 0.6) is 0 Å². The summed E-state index contributed by atoms with van der Waals surface area (Å²) in [6.45, 7) is 6.31. The van der Waals surface area contributed by atoms with Crippen LogP contribution in [0.4, 0.5) is 0 Å². The predicted octanol–water partition coefficient (Wildman–Crippen LogP) is 1.87. The molecule has 1 saturated heterocycles. The molecule has 0 spiro atoms. The van der Waals surface area contributed by atoms with E-state index in [0.29, 0.717) is 12.8 Å². The van der Waals surface area contributed by atoms with Crippen LogP contribution in [0.1, 0.15) is 29.3 Å². The molecule has 1 aliphatic heterocycles. The van der Waals surface area contributed by atoms with Crippen molar-refractivity contribution in [3.8, 4) is 0 Å². The van der Waals surface area contributed by atoms with Gasteiger partial charge in [-0.1, -0.05) is 0 Å². The maximum Gasteiger partial charge on any atom is 0.147 e. The summed E-state index contributed by atoms with van der Waals surface area (Å²) in [5.74, 6) is 0. The van der Waals surface area contributed by atoms with Crippen molar-refractivity contribution in [3.63, 3.8) is 0 Å². The van der Waals surface area contributed by atoms with E-state index in [-0.39, 0.29) is 6.10 Å². The number of nitrogens with zero attached hydrogens (tertiary/aromatic N) is 1. The van der Waals surface area contributed by atoms with Crippen LogP contribution in [0, 0.1) is 6.92 Å². The minimum absolute atomic E-state index is 0.275. The molecule has 5 heteroatoms. The molecule has 0 bridgehead atoms. The standard InChI is InChI=1S/C11H18N2O2S/c1-8-5-13-11(16-8)9(2)12-6-10-3-4-14-7-15-10/h5,9-10,12H,3-4,6-7H2,1-2H3. The molecule has 90 valence electrons. The van der Waals surface area contributed by atoms with Gasteiger partial charge in [0.25, 0.3) is 0 Å². The van der Waals surface area contributed by atoms with Gasteiger partial charge in [0.1, 0.15) is 11.8 Å². The quantitative estimate of drug-likeness (QED) is 0.875. The minimum atomic E-state index is 0.275. The number of hydrogen-bond donors (Lipinski definition) is 1. The van der Waals surface area contributed by atoms with Crippen LogP contribution in [0.15, 0.2) is 6.20 Å². The fourth-order valence-electron chi connectivity index (χ4n) is 1.63. The molecule has 2 unspecified atom stereocenters. The largest absolute Gasteiger partial charge is 0.355 e. The Morgan fingerprint density at radius 2 is 2.56 bits per heavy atom. The summed E-state index contributed by atoms with van der Waals surface area (Å²) in [4.78, 5) is 5.63. The Balaban J connectivity index is 1.76. The van der Waals surface area contributed by atoms with E-state index in [1.807, 2.05) is 6.20 Å². The topological polar surface area (TPSA) is 43.4 Å². The van der Waals surface area contributed by atoms with E-state index in [1.54, 1.807) is 11.3 Å². The molecule has 2 heterocycles. The van der Waals surface area contributed by atoms with E-state index in [4.69, 9.17) is 9.47 Å². The predicted molar refractivity (Wildman–Crippen MR) is 63.6 cm³/mol. The molecule has 2 atom stereocenters. The van der Waals surface area contributed by atoms with Crippen molar-refractivity contribution in [2.45, 2.75) is 32.4 Å². The minimum Gasteiger partial charge on any atom is -0.355 e. The second-order valence-corrected chi connectivity index (χ2v) is 5.31. The fraction of sp³-hybridized carbons (Fsp3) is 0.727. The summed E-state index contributed by atoms with van der Waals surface area (Å²) in [5, 5.41) is 4.59. The first-order chi connectivity index (χ1) is 7.75. The van der Waals surface area contributed by atoms with Gasteiger partial charge in [-0.25, -0.2) is 4.98 Å². The summed E-state index contributed by atoms with van der Waals surface area (Å²) in [5.41, 5.74) is 0.